The van der Waals surface area contributed by atoms with E-state index in [1.165, 1.54) is 0 Å². The Labute approximate surface area is 297 Å². The van der Waals surface area contributed by atoms with Crippen molar-refractivity contribution in [1.82, 2.24) is 34.9 Å². The zero-order valence-corrected chi connectivity index (χ0v) is 27.9. The van der Waals surface area contributed by atoms with Gasteiger partial charge in [0.1, 0.15) is 0 Å². The van der Waals surface area contributed by atoms with Crippen LogP contribution < -0.4 is 21.4 Å². The number of nitrogens with zero attached hydrogens (tertiary/aromatic N) is 4. The molecular formula is C42H28N8S. The number of benzene rings is 1. The minimum absolute atomic E-state index is 0.744. The van der Waals surface area contributed by atoms with Crippen LogP contribution in [0, 0.1) is 0 Å². The molecule has 7 aromatic heterocycles. The van der Waals surface area contributed by atoms with Gasteiger partial charge in [0.15, 0.2) is 0 Å². The van der Waals surface area contributed by atoms with Crippen molar-refractivity contribution in [2.75, 3.05) is 0 Å². The van der Waals surface area contributed by atoms with E-state index in [2.05, 4.69) is 124 Å². The highest BCUT2D eigenvalue weighted by atomic mass is 32.1. The average molecular weight is 677 g/mol. The molecule has 0 aliphatic carbocycles. The molecular weight excluding hydrogens is 649 g/mol. The van der Waals surface area contributed by atoms with Gasteiger partial charge in [-0.15, -0.1) is 0 Å². The van der Waals surface area contributed by atoms with Crippen molar-refractivity contribution < 1.29 is 0 Å². The van der Waals surface area contributed by atoms with E-state index in [-0.39, 0.29) is 0 Å². The van der Waals surface area contributed by atoms with Gasteiger partial charge in [0.05, 0.1) is 10.8 Å². The van der Waals surface area contributed by atoms with E-state index in [9.17, 15) is 0 Å². The molecule has 9 heteroatoms. The fraction of sp³-hybridized carbons (Fsp3) is 0. The summed E-state index contributed by atoms with van der Waals surface area (Å²) in [6.07, 6.45) is 11.1. The van der Waals surface area contributed by atoms with Crippen LogP contribution in [0.4, 0.5) is 5.69 Å². The molecule has 0 unspecified atom stereocenters. The quantitative estimate of drug-likeness (QED) is 0.148. The van der Waals surface area contributed by atoms with Crippen molar-refractivity contribution in [1.29, 1.82) is 0 Å². The van der Waals surface area contributed by atoms with Crippen LogP contribution >= 0.6 is 12.2 Å². The van der Waals surface area contributed by atoms with Crippen molar-refractivity contribution in [2.24, 2.45) is 4.99 Å². The van der Waals surface area contributed by atoms with Gasteiger partial charge < -0.3 is 19.9 Å². The summed E-state index contributed by atoms with van der Waals surface area (Å²) >= 11 is 4.86. The molecule has 8 bridgehead atoms. The second kappa shape index (κ2) is 12.8. The van der Waals surface area contributed by atoms with Crippen LogP contribution in [0.3, 0.4) is 0 Å². The van der Waals surface area contributed by atoms with Crippen molar-refractivity contribution in [3.63, 3.8) is 0 Å². The van der Waals surface area contributed by atoms with Crippen molar-refractivity contribution in [2.45, 2.75) is 0 Å². The number of nitrogens with one attached hydrogen (secondary N) is 4. The molecule has 0 spiro atoms. The van der Waals surface area contributed by atoms with Crippen LogP contribution in [0.5, 0.6) is 0 Å². The highest BCUT2D eigenvalue weighted by Gasteiger charge is 2.18. The number of pyridine rings is 3. The molecule has 0 atom stereocenters. The van der Waals surface area contributed by atoms with Gasteiger partial charge in [0.2, 0.25) is 0 Å². The fourth-order valence-corrected chi connectivity index (χ4v) is 6.96. The van der Waals surface area contributed by atoms with E-state index in [1.807, 2.05) is 48.9 Å². The minimum Gasteiger partial charge on any atom is -0.354 e. The summed E-state index contributed by atoms with van der Waals surface area (Å²) in [6.45, 7) is 0. The topological polar surface area (TPSA) is 114 Å². The second-order valence-electron chi connectivity index (χ2n) is 12.1. The number of H-pyrrole nitrogens is 4. The standard InChI is InChI=1S/C42H28N8S/c51-25-46-30-9-7-26(8-10-30)39-31-11-13-33(47-31)40(27-4-1-19-43-22-27)35-15-17-37(49-35)42(29-6-3-21-45-24-29)38-18-16-36(50-38)41(28-5-2-20-44-23-28)34-14-12-32(39)48-34/h1-24,47-50H. The first kappa shape index (κ1) is 30.2. The highest BCUT2D eigenvalue weighted by molar-refractivity contribution is 7.78. The molecule has 0 saturated heterocycles. The molecule has 8 nitrogen and oxygen atoms in total. The normalized spacial score (nSPS) is 12.5. The summed E-state index contributed by atoms with van der Waals surface area (Å²) in [5.41, 5.74) is 12.5. The Morgan fingerprint density at radius 2 is 0.784 bits per heavy atom. The van der Waals surface area contributed by atoms with Crippen LogP contribution in [0.25, 0.3) is 22.3 Å². The molecule has 8 heterocycles. The molecule has 51 heavy (non-hydrogen) atoms. The summed E-state index contributed by atoms with van der Waals surface area (Å²) < 4.78 is 0. The number of isothiocyanates is 1. The number of fused-ring (bicyclic) bond motifs is 8. The van der Waals surface area contributed by atoms with E-state index in [0.29, 0.717) is 0 Å². The minimum atomic E-state index is 0.744. The van der Waals surface area contributed by atoms with Crippen LogP contribution in [-0.4, -0.2) is 40.0 Å². The van der Waals surface area contributed by atoms with Crippen molar-refractivity contribution in [3.8, 4) is 0 Å². The molecule has 0 amide bonds. The number of rotatable bonds is 5. The first-order valence-corrected chi connectivity index (χ1v) is 16.8. The summed E-state index contributed by atoms with van der Waals surface area (Å²) in [7, 11) is 0. The van der Waals surface area contributed by atoms with Gasteiger partial charge in [-0.05, 0) is 96.6 Å². The van der Waals surface area contributed by atoms with E-state index < -0.39 is 0 Å². The summed E-state index contributed by atoms with van der Waals surface area (Å²) in [5.74, 6) is 0. The smallest absolute Gasteiger partial charge is 0.0739 e. The number of hydrogen-bond donors (Lipinski definition) is 4. The Morgan fingerprint density at radius 1 is 0.412 bits per heavy atom. The third-order valence-corrected chi connectivity index (χ3v) is 9.17. The third kappa shape index (κ3) is 5.58. The van der Waals surface area contributed by atoms with E-state index in [1.54, 1.807) is 18.6 Å². The number of aliphatic imine (C=N–C) groups is 1. The predicted octanol–water partition coefficient (Wildman–Crippen LogP) is 5.22. The maximum Gasteiger partial charge on any atom is 0.0739 e. The Kier molecular flexibility index (Phi) is 7.59. The van der Waals surface area contributed by atoms with E-state index in [0.717, 1.165) is 94.4 Å². The van der Waals surface area contributed by atoms with Crippen molar-refractivity contribution >= 4 is 45.4 Å². The zero-order chi connectivity index (χ0) is 34.1. The van der Waals surface area contributed by atoms with Crippen LogP contribution in [0.15, 0.2) is 151 Å². The monoisotopic (exact) mass is 676 g/mol. The van der Waals surface area contributed by atoms with Gasteiger partial charge in [-0.2, -0.15) is 4.99 Å². The molecule has 1 aromatic carbocycles. The lowest BCUT2D eigenvalue weighted by Crippen LogP contribution is -2.19. The van der Waals surface area contributed by atoms with Crippen LogP contribution in [-0.2, 0) is 0 Å². The van der Waals surface area contributed by atoms with Crippen LogP contribution in [0.1, 0.15) is 45.0 Å². The predicted molar refractivity (Wildman–Crippen MR) is 202 cm³/mol. The average Bonchev–Trinajstić information content (AvgIpc) is 4.02. The highest BCUT2D eigenvalue weighted by Crippen LogP contribution is 2.28. The lowest BCUT2D eigenvalue weighted by molar-refractivity contribution is 1.18. The molecule has 0 saturated carbocycles. The zero-order valence-electron chi connectivity index (χ0n) is 27.1. The number of hydrogen-bond acceptors (Lipinski definition) is 5. The van der Waals surface area contributed by atoms with Gasteiger partial charge in [0, 0.05) is 120 Å². The van der Waals surface area contributed by atoms with Gasteiger partial charge in [-0.3, -0.25) is 15.0 Å². The third-order valence-electron chi connectivity index (χ3n) is 9.08. The summed E-state index contributed by atoms with van der Waals surface area (Å²) in [5, 5.41) is 6.24. The van der Waals surface area contributed by atoms with Gasteiger partial charge in [-0.25, -0.2) is 0 Å². The van der Waals surface area contributed by atoms with E-state index in [4.69, 9.17) is 12.2 Å². The van der Waals surface area contributed by atoms with E-state index >= 15 is 0 Å². The SMILES string of the molecule is S=C=Nc1ccc(C2=c3ccc([nH]3)=C(c3cccnc3)c3ccc([nH]3)C(c3cccnc3)=c3ccc([nH]3)=C(c3cccnc3)c3ccc2[nH]3)cc1. The first-order valence-electron chi connectivity index (χ1n) is 16.4. The fourth-order valence-electron chi connectivity index (χ4n) is 6.86. The summed E-state index contributed by atoms with van der Waals surface area (Å²) in [6, 6.07) is 37.2. The Bertz CT molecular complexity index is 2840. The molecule has 8 aromatic rings. The molecule has 1 aliphatic rings. The number of aromatic nitrogens is 7. The van der Waals surface area contributed by atoms with Gasteiger partial charge in [0.25, 0.3) is 0 Å². The van der Waals surface area contributed by atoms with Crippen molar-refractivity contribution in [3.05, 3.63) is 213 Å². The summed E-state index contributed by atoms with van der Waals surface area (Å²) in [4.78, 5) is 32.7. The molecule has 9 rings (SSSR count). The maximum atomic E-state index is 4.86. The largest absolute Gasteiger partial charge is 0.354 e. The Balaban J connectivity index is 1.42. The Hall–Kier alpha value is -6.93. The number of thiocarbonyl (C=S) groups is 1. The van der Waals surface area contributed by atoms with Crippen LogP contribution in [0.2, 0.25) is 0 Å². The second-order valence-corrected chi connectivity index (χ2v) is 12.3. The number of aromatic amines is 4. The Morgan fingerprint density at radius 3 is 1.12 bits per heavy atom. The first-order chi connectivity index (χ1) is 25.2. The molecule has 1 aliphatic heterocycles. The molecule has 0 fully saturated rings. The lowest BCUT2D eigenvalue weighted by Gasteiger charge is -2.09. The molecule has 0 radical (unpaired) electrons. The van der Waals surface area contributed by atoms with Gasteiger partial charge >= 0.3 is 0 Å². The lowest BCUT2D eigenvalue weighted by atomic mass is 10.0. The van der Waals surface area contributed by atoms with Gasteiger partial charge in [-0.1, -0.05) is 30.3 Å². The maximum absolute atomic E-state index is 4.86. The molecule has 4 N–H and O–H groups in total. The molecule has 242 valence electrons.